The lowest BCUT2D eigenvalue weighted by Crippen LogP contribution is -2.54. The fourth-order valence-corrected chi connectivity index (χ4v) is 2.53. The molecule has 1 aliphatic rings. The molecule has 4 atom stereocenters. The highest BCUT2D eigenvalue weighted by Crippen LogP contribution is 2.26. The molecule has 0 aromatic heterocycles. The van der Waals surface area contributed by atoms with Crippen molar-refractivity contribution in [2.45, 2.75) is 24.6 Å². The Labute approximate surface area is 139 Å². The minimum Gasteiger partial charge on any atom is -0.497 e. The molecule has 3 rings (SSSR count). The summed E-state index contributed by atoms with van der Waals surface area (Å²) in [7, 11) is 1.62. The van der Waals surface area contributed by atoms with Gasteiger partial charge in [-0.2, -0.15) is 0 Å². The van der Waals surface area contributed by atoms with Gasteiger partial charge in [0, 0.05) is 0 Å². The average molecular weight is 332 g/mol. The van der Waals surface area contributed by atoms with Crippen LogP contribution in [0, 0.1) is 0 Å². The summed E-state index contributed by atoms with van der Waals surface area (Å²) in [5.41, 5.74) is 2.04. The summed E-state index contributed by atoms with van der Waals surface area (Å²) in [4.78, 5) is 0. The molecular formula is C18H20O6. The van der Waals surface area contributed by atoms with Gasteiger partial charge in [-0.25, -0.2) is 0 Å². The molecule has 0 unspecified atom stereocenters. The molecule has 0 saturated carbocycles. The molecule has 2 aromatic rings. The molecule has 6 heteroatoms. The predicted octanol–water partition coefficient (Wildman–Crippen LogP) is 1.18. The molecule has 1 saturated heterocycles. The standard InChI is InChI=1S/C18H20O6/c1-22-13-6-2-11(3-7-13)12-4-8-14(9-5-12)24-18-17(21)16(20)15(19)10-23-18/h2-9,15-21H,10H2,1H3/t15-,16-,17+,18+/m0/s1. The van der Waals surface area contributed by atoms with Crippen LogP contribution in [0.25, 0.3) is 11.1 Å². The second-order valence-electron chi connectivity index (χ2n) is 5.62. The first kappa shape index (κ1) is 16.7. The van der Waals surface area contributed by atoms with Gasteiger partial charge >= 0.3 is 0 Å². The van der Waals surface area contributed by atoms with Crippen LogP contribution in [0.2, 0.25) is 0 Å². The molecule has 1 fully saturated rings. The molecule has 0 bridgehead atoms. The Morgan fingerprint density at radius 1 is 0.833 bits per heavy atom. The van der Waals surface area contributed by atoms with Crippen LogP contribution in [0.4, 0.5) is 0 Å². The molecule has 0 amide bonds. The van der Waals surface area contributed by atoms with Crippen molar-refractivity contribution < 1.29 is 29.5 Å². The van der Waals surface area contributed by atoms with E-state index in [-0.39, 0.29) is 6.61 Å². The number of aliphatic hydroxyl groups is 3. The third-order valence-electron chi connectivity index (χ3n) is 3.98. The zero-order chi connectivity index (χ0) is 17.1. The normalized spacial score (nSPS) is 26.8. The lowest BCUT2D eigenvalue weighted by atomic mass is 10.0. The Hall–Kier alpha value is -2.12. The lowest BCUT2D eigenvalue weighted by molar-refractivity contribution is -0.242. The Bertz CT molecular complexity index is 654. The van der Waals surface area contributed by atoms with Gasteiger partial charge in [-0.15, -0.1) is 0 Å². The summed E-state index contributed by atoms with van der Waals surface area (Å²) in [6.45, 7) is -0.0905. The summed E-state index contributed by atoms with van der Waals surface area (Å²) < 4.78 is 15.9. The van der Waals surface area contributed by atoms with E-state index in [9.17, 15) is 15.3 Å². The number of benzene rings is 2. The molecule has 6 nitrogen and oxygen atoms in total. The number of hydrogen-bond donors (Lipinski definition) is 3. The number of ether oxygens (including phenoxy) is 3. The Kier molecular flexibility index (Phi) is 5.01. The highest BCUT2D eigenvalue weighted by molar-refractivity contribution is 5.64. The zero-order valence-electron chi connectivity index (χ0n) is 13.2. The monoisotopic (exact) mass is 332 g/mol. The first-order valence-electron chi connectivity index (χ1n) is 7.65. The van der Waals surface area contributed by atoms with Crippen molar-refractivity contribution in [1.82, 2.24) is 0 Å². The van der Waals surface area contributed by atoms with E-state index in [0.29, 0.717) is 5.75 Å². The van der Waals surface area contributed by atoms with Crippen molar-refractivity contribution >= 4 is 0 Å². The van der Waals surface area contributed by atoms with Crippen molar-refractivity contribution in [1.29, 1.82) is 0 Å². The maximum atomic E-state index is 9.88. The Morgan fingerprint density at radius 3 is 1.92 bits per heavy atom. The molecule has 1 heterocycles. The van der Waals surface area contributed by atoms with Crippen molar-refractivity contribution in [3.63, 3.8) is 0 Å². The van der Waals surface area contributed by atoms with Crippen molar-refractivity contribution in [2.24, 2.45) is 0 Å². The molecule has 0 spiro atoms. The van der Waals surface area contributed by atoms with E-state index in [2.05, 4.69) is 0 Å². The van der Waals surface area contributed by atoms with Crippen molar-refractivity contribution in [3.05, 3.63) is 48.5 Å². The zero-order valence-corrected chi connectivity index (χ0v) is 13.2. The minimum absolute atomic E-state index is 0.0905. The fraction of sp³-hybridized carbons (Fsp3) is 0.333. The van der Waals surface area contributed by atoms with Crippen LogP contribution in [-0.2, 0) is 4.74 Å². The van der Waals surface area contributed by atoms with Gasteiger partial charge in [-0.1, -0.05) is 24.3 Å². The molecule has 0 aliphatic carbocycles. The van der Waals surface area contributed by atoms with E-state index in [0.717, 1.165) is 16.9 Å². The summed E-state index contributed by atoms with van der Waals surface area (Å²) in [6, 6.07) is 15.0. The van der Waals surface area contributed by atoms with Gasteiger partial charge < -0.3 is 29.5 Å². The first-order valence-corrected chi connectivity index (χ1v) is 7.65. The van der Waals surface area contributed by atoms with Crippen LogP contribution in [0.15, 0.2) is 48.5 Å². The largest absolute Gasteiger partial charge is 0.497 e. The summed E-state index contributed by atoms with van der Waals surface area (Å²) >= 11 is 0. The van der Waals surface area contributed by atoms with Crippen LogP contribution < -0.4 is 9.47 Å². The molecule has 1 aliphatic heterocycles. The van der Waals surface area contributed by atoms with Crippen molar-refractivity contribution in [3.8, 4) is 22.6 Å². The molecule has 128 valence electrons. The second kappa shape index (κ2) is 7.19. The van der Waals surface area contributed by atoms with Gasteiger partial charge in [0.25, 0.3) is 0 Å². The van der Waals surface area contributed by atoms with Gasteiger partial charge in [0.1, 0.15) is 29.8 Å². The van der Waals surface area contributed by atoms with E-state index in [1.807, 2.05) is 36.4 Å². The molecule has 3 N–H and O–H groups in total. The van der Waals surface area contributed by atoms with Crippen LogP contribution in [0.3, 0.4) is 0 Å². The smallest absolute Gasteiger partial charge is 0.228 e. The summed E-state index contributed by atoms with van der Waals surface area (Å²) in [5.74, 6) is 1.29. The number of rotatable bonds is 4. The average Bonchev–Trinajstić information content (AvgIpc) is 2.63. The first-order chi connectivity index (χ1) is 11.6. The van der Waals surface area contributed by atoms with Crippen LogP contribution in [-0.4, -0.2) is 53.6 Å². The van der Waals surface area contributed by atoms with Crippen molar-refractivity contribution in [2.75, 3.05) is 13.7 Å². The Morgan fingerprint density at radius 2 is 1.38 bits per heavy atom. The SMILES string of the molecule is COc1ccc(-c2ccc(O[C@H]3OC[C@H](O)[C@H](O)[C@H]3O)cc2)cc1. The highest BCUT2D eigenvalue weighted by atomic mass is 16.7. The van der Waals surface area contributed by atoms with Crippen LogP contribution in [0.5, 0.6) is 11.5 Å². The van der Waals surface area contributed by atoms with E-state index < -0.39 is 24.6 Å². The predicted molar refractivity (Wildman–Crippen MR) is 86.8 cm³/mol. The van der Waals surface area contributed by atoms with Gasteiger partial charge in [0.15, 0.2) is 0 Å². The topological polar surface area (TPSA) is 88.4 Å². The van der Waals surface area contributed by atoms with E-state index in [4.69, 9.17) is 14.2 Å². The lowest BCUT2D eigenvalue weighted by Gasteiger charge is -2.34. The summed E-state index contributed by atoms with van der Waals surface area (Å²) in [5, 5.41) is 29.0. The molecule has 24 heavy (non-hydrogen) atoms. The fourth-order valence-electron chi connectivity index (χ4n) is 2.53. The van der Waals surface area contributed by atoms with E-state index in [1.54, 1.807) is 19.2 Å². The van der Waals surface area contributed by atoms with Crippen LogP contribution in [0.1, 0.15) is 0 Å². The van der Waals surface area contributed by atoms with Gasteiger partial charge in [0.2, 0.25) is 6.29 Å². The second-order valence-corrected chi connectivity index (χ2v) is 5.62. The van der Waals surface area contributed by atoms with Crippen LogP contribution >= 0.6 is 0 Å². The molecule has 0 radical (unpaired) electrons. The van der Waals surface area contributed by atoms with Gasteiger partial charge in [0.05, 0.1) is 13.7 Å². The Balaban J connectivity index is 1.68. The molecule has 2 aromatic carbocycles. The third-order valence-corrected chi connectivity index (χ3v) is 3.98. The number of hydrogen-bond acceptors (Lipinski definition) is 6. The minimum atomic E-state index is -1.31. The summed E-state index contributed by atoms with van der Waals surface area (Å²) in [6.07, 6.45) is -4.73. The van der Waals surface area contributed by atoms with Gasteiger partial charge in [-0.3, -0.25) is 0 Å². The quantitative estimate of drug-likeness (QED) is 0.779. The number of aliphatic hydroxyl groups excluding tert-OH is 3. The van der Waals surface area contributed by atoms with E-state index >= 15 is 0 Å². The maximum absolute atomic E-state index is 9.88. The number of methoxy groups -OCH3 is 1. The highest BCUT2D eigenvalue weighted by Gasteiger charge is 2.38. The van der Waals surface area contributed by atoms with E-state index in [1.165, 1.54) is 0 Å². The molecular weight excluding hydrogens is 312 g/mol. The van der Waals surface area contributed by atoms with Gasteiger partial charge in [-0.05, 0) is 35.4 Å². The maximum Gasteiger partial charge on any atom is 0.228 e. The third kappa shape index (κ3) is 3.52.